The summed E-state index contributed by atoms with van der Waals surface area (Å²) in [6.45, 7) is 7.38. The van der Waals surface area contributed by atoms with Gasteiger partial charge in [0.2, 0.25) is 5.91 Å². The number of pyridine rings is 1. The summed E-state index contributed by atoms with van der Waals surface area (Å²) in [6, 6.07) is 12.1. The number of amides is 1. The van der Waals surface area contributed by atoms with Crippen molar-refractivity contribution in [3.8, 4) is 0 Å². The van der Waals surface area contributed by atoms with Crippen LogP contribution in [0.5, 0.6) is 0 Å². The molecule has 23 heavy (non-hydrogen) atoms. The van der Waals surface area contributed by atoms with E-state index in [0.717, 1.165) is 34.8 Å². The van der Waals surface area contributed by atoms with Gasteiger partial charge in [-0.2, -0.15) is 0 Å². The minimum atomic E-state index is -0.193. The maximum absolute atomic E-state index is 12.5. The van der Waals surface area contributed by atoms with Crippen LogP contribution in [0, 0.1) is 0 Å². The molecule has 0 aliphatic carbocycles. The van der Waals surface area contributed by atoms with Crippen molar-refractivity contribution in [2.45, 2.75) is 31.2 Å². The number of hydrogen-bond donors (Lipinski definition) is 0. The average Bonchev–Trinajstić information content (AvgIpc) is 2.99. The number of para-hydroxylation sites is 1. The van der Waals surface area contributed by atoms with E-state index in [4.69, 9.17) is 0 Å². The maximum atomic E-state index is 12.5. The number of rotatable bonds is 5. The predicted molar refractivity (Wildman–Crippen MR) is 93.7 cm³/mol. The summed E-state index contributed by atoms with van der Waals surface area (Å²) >= 11 is 1.46. The van der Waals surface area contributed by atoms with Gasteiger partial charge in [0.05, 0.1) is 10.8 Å². The van der Waals surface area contributed by atoms with Gasteiger partial charge in [0.25, 0.3) is 0 Å². The largest absolute Gasteiger partial charge is 0.342 e. The van der Waals surface area contributed by atoms with Gasteiger partial charge < -0.3 is 4.90 Å². The molecule has 0 saturated heterocycles. The number of thioether (sulfide) groups is 1. The lowest BCUT2D eigenvalue weighted by molar-refractivity contribution is -0.129. The number of carbonyl (C=O) groups is 1. The molecule has 3 aromatic rings. The van der Waals surface area contributed by atoms with Crippen LogP contribution >= 0.6 is 11.8 Å². The Balaban J connectivity index is 1.97. The van der Waals surface area contributed by atoms with Crippen LogP contribution in [-0.4, -0.2) is 43.7 Å². The van der Waals surface area contributed by atoms with Crippen LogP contribution in [0.25, 0.3) is 16.6 Å². The molecule has 1 aromatic carbocycles. The Morgan fingerprint density at radius 3 is 2.65 bits per heavy atom. The van der Waals surface area contributed by atoms with E-state index in [2.05, 4.69) is 16.3 Å². The molecule has 0 fully saturated rings. The monoisotopic (exact) mass is 328 g/mol. The highest BCUT2D eigenvalue weighted by Gasteiger charge is 2.22. The second-order valence-electron chi connectivity index (χ2n) is 5.34. The highest BCUT2D eigenvalue weighted by molar-refractivity contribution is 8.00. The van der Waals surface area contributed by atoms with E-state index in [1.54, 1.807) is 0 Å². The fourth-order valence-electron chi connectivity index (χ4n) is 2.69. The first kappa shape index (κ1) is 15.8. The van der Waals surface area contributed by atoms with Gasteiger partial charge in [0.15, 0.2) is 10.8 Å². The van der Waals surface area contributed by atoms with Crippen molar-refractivity contribution in [2.75, 3.05) is 13.1 Å². The molecule has 1 amide bonds. The number of carbonyl (C=O) groups excluding carboxylic acids is 1. The molecule has 0 radical (unpaired) electrons. The highest BCUT2D eigenvalue weighted by Crippen LogP contribution is 2.26. The van der Waals surface area contributed by atoms with Crippen molar-refractivity contribution < 1.29 is 4.79 Å². The third-order valence-electron chi connectivity index (χ3n) is 3.95. The fourth-order valence-corrected chi connectivity index (χ4v) is 3.64. The fraction of sp³-hybridized carbons (Fsp3) is 0.353. The summed E-state index contributed by atoms with van der Waals surface area (Å²) in [5.74, 6) is 0.136. The van der Waals surface area contributed by atoms with E-state index in [1.807, 2.05) is 60.4 Å². The molecule has 2 aromatic heterocycles. The van der Waals surface area contributed by atoms with E-state index in [-0.39, 0.29) is 11.2 Å². The van der Waals surface area contributed by atoms with Gasteiger partial charge in [-0.05, 0) is 44.4 Å². The van der Waals surface area contributed by atoms with Gasteiger partial charge in [-0.1, -0.05) is 30.0 Å². The summed E-state index contributed by atoms with van der Waals surface area (Å²) in [5, 5.41) is 10.2. The van der Waals surface area contributed by atoms with Gasteiger partial charge in [-0.15, -0.1) is 10.2 Å². The second kappa shape index (κ2) is 6.58. The predicted octanol–water partition coefficient (Wildman–Crippen LogP) is 3.23. The maximum Gasteiger partial charge on any atom is 0.235 e. The van der Waals surface area contributed by atoms with E-state index >= 15 is 0 Å². The summed E-state index contributed by atoms with van der Waals surface area (Å²) in [7, 11) is 0. The number of hydrogen-bond acceptors (Lipinski definition) is 4. The first-order chi connectivity index (χ1) is 11.2. The zero-order chi connectivity index (χ0) is 16.4. The van der Waals surface area contributed by atoms with Crippen molar-refractivity contribution in [3.05, 3.63) is 36.4 Å². The van der Waals surface area contributed by atoms with Crippen molar-refractivity contribution >= 4 is 34.2 Å². The van der Waals surface area contributed by atoms with Crippen LogP contribution in [0.3, 0.4) is 0 Å². The van der Waals surface area contributed by atoms with Crippen LogP contribution in [0.2, 0.25) is 0 Å². The molecular weight excluding hydrogens is 308 g/mol. The van der Waals surface area contributed by atoms with E-state index in [1.165, 1.54) is 11.8 Å². The van der Waals surface area contributed by atoms with Gasteiger partial charge in [0.1, 0.15) is 0 Å². The lowest BCUT2D eigenvalue weighted by Crippen LogP contribution is -2.36. The van der Waals surface area contributed by atoms with Crippen LogP contribution in [0.4, 0.5) is 0 Å². The Morgan fingerprint density at radius 2 is 1.91 bits per heavy atom. The van der Waals surface area contributed by atoms with Crippen LogP contribution in [0.15, 0.2) is 41.6 Å². The molecule has 0 aliphatic heterocycles. The topological polar surface area (TPSA) is 50.5 Å². The van der Waals surface area contributed by atoms with Gasteiger partial charge in [0, 0.05) is 13.1 Å². The standard InChI is InChI=1S/C17H20N4OS/c1-4-20(5-2)16(22)12(3)23-17-19-18-15-11-10-13-8-6-7-9-14(13)21(15)17/h6-12H,4-5H2,1-3H3. The minimum absolute atomic E-state index is 0.136. The first-order valence-electron chi connectivity index (χ1n) is 7.84. The van der Waals surface area contributed by atoms with E-state index in [9.17, 15) is 4.79 Å². The Morgan fingerprint density at radius 1 is 1.17 bits per heavy atom. The van der Waals surface area contributed by atoms with Crippen molar-refractivity contribution in [2.24, 2.45) is 0 Å². The molecule has 0 spiro atoms. The SMILES string of the molecule is CCN(CC)C(=O)C(C)Sc1nnc2ccc3ccccc3n12. The van der Waals surface area contributed by atoms with Gasteiger partial charge in [-0.3, -0.25) is 9.20 Å². The lowest BCUT2D eigenvalue weighted by Gasteiger charge is -2.22. The van der Waals surface area contributed by atoms with Crippen LogP contribution in [0.1, 0.15) is 20.8 Å². The third-order valence-corrected chi connectivity index (χ3v) is 4.98. The number of benzene rings is 1. The van der Waals surface area contributed by atoms with Crippen LogP contribution in [-0.2, 0) is 4.79 Å². The molecule has 0 aliphatic rings. The number of nitrogens with zero attached hydrogens (tertiary/aromatic N) is 4. The van der Waals surface area contributed by atoms with E-state index in [0.29, 0.717) is 0 Å². The third kappa shape index (κ3) is 2.91. The molecule has 120 valence electrons. The summed E-state index contributed by atoms with van der Waals surface area (Å²) < 4.78 is 2.02. The smallest absolute Gasteiger partial charge is 0.235 e. The lowest BCUT2D eigenvalue weighted by atomic mass is 10.2. The molecule has 3 rings (SSSR count). The minimum Gasteiger partial charge on any atom is -0.342 e. The molecule has 0 bridgehead atoms. The number of aromatic nitrogens is 3. The average molecular weight is 328 g/mol. The molecule has 0 saturated carbocycles. The summed E-state index contributed by atoms with van der Waals surface area (Å²) in [4.78, 5) is 14.3. The molecule has 6 heteroatoms. The van der Waals surface area contributed by atoms with Crippen LogP contribution < -0.4 is 0 Å². The molecule has 1 atom stereocenters. The highest BCUT2D eigenvalue weighted by atomic mass is 32.2. The van der Waals surface area contributed by atoms with Gasteiger partial charge >= 0.3 is 0 Å². The Hall–Kier alpha value is -2.08. The van der Waals surface area contributed by atoms with Gasteiger partial charge in [-0.25, -0.2) is 0 Å². The quantitative estimate of drug-likeness (QED) is 0.675. The molecular formula is C17H20N4OS. The Bertz CT molecular complexity index is 841. The van der Waals surface area contributed by atoms with E-state index < -0.39 is 0 Å². The summed E-state index contributed by atoms with van der Waals surface area (Å²) in [5.41, 5.74) is 1.86. The normalized spacial score (nSPS) is 12.7. The zero-order valence-corrected chi connectivity index (χ0v) is 14.4. The second-order valence-corrected chi connectivity index (χ2v) is 6.65. The van der Waals surface area contributed by atoms with Crippen molar-refractivity contribution in [1.82, 2.24) is 19.5 Å². The zero-order valence-electron chi connectivity index (χ0n) is 13.6. The van der Waals surface area contributed by atoms with Crippen molar-refractivity contribution in [3.63, 3.8) is 0 Å². The first-order valence-corrected chi connectivity index (χ1v) is 8.72. The summed E-state index contributed by atoms with van der Waals surface area (Å²) in [6.07, 6.45) is 0. The number of fused-ring (bicyclic) bond motifs is 3. The molecule has 2 heterocycles. The Kier molecular flexibility index (Phi) is 4.52. The molecule has 5 nitrogen and oxygen atoms in total. The van der Waals surface area contributed by atoms with Crippen molar-refractivity contribution in [1.29, 1.82) is 0 Å². The Labute approximate surface area is 139 Å². The molecule has 1 unspecified atom stereocenters. The molecule has 0 N–H and O–H groups in total.